The third-order valence-electron chi connectivity index (χ3n) is 2.97. The van der Waals surface area contributed by atoms with E-state index in [-0.39, 0.29) is 12.1 Å². The number of carbonyl (C=O) groups excluding carboxylic acids is 1. The second-order valence-electron chi connectivity index (χ2n) is 4.18. The monoisotopic (exact) mass is 254 g/mol. The summed E-state index contributed by atoms with van der Waals surface area (Å²) in [6, 6.07) is 7.07. The van der Waals surface area contributed by atoms with E-state index in [9.17, 15) is 4.79 Å². The Hall–Kier alpha value is -1.26. The zero-order valence-electron chi connectivity index (χ0n) is 9.60. The van der Waals surface area contributed by atoms with Crippen LogP contribution in [0.25, 0.3) is 0 Å². The molecule has 1 aromatic rings. The Morgan fingerprint density at radius 2 is 2.24 bits per heavy atom. The second kappa shape index (κ2) is 4.94. The van der Waals surface area contributed by atoms with Gasteiger partial charge in [0.15, 0.2) is 0 Å². The number of benzene rings is 1. The predicted molar refractivity (Wildman–Crippen MR) is 65.9 cm³/mol. The van der Waals surface area contributed by atoms with Crippen LogP contribution in [-0.2, 0) is 4.74 Å². The van der Waals surface area contributed by atoms with E-state index in [4.69, 9.17) is 22.1 Å². The highest BCUT2D eigenvalue weighted by molar-refractivity contribution is 6.31. The molecule has 0 aliphatic carbocycles. The Morgan fingerprint density at radius 3 is 2.88 bits per heavy atom. The topological polar surface area (TPSA) is 55.6 Å². The molecule has 0 saturated carbocycles. The fraction of sp³-hybridized carbons (Fsp3) is 0.417. The molecule has 5 heteroatoms. The average molecular weight is 255 g/mol. The number of rotatable bonds is 1. The largest absolute Gasteiger partial charge is 0.369 e. The lowest BCUT2D eigenvalue weighted by Crippen LogP contribution is -2.50. The number of morpholine rings is 1. The molecular weight excluding hydrogens is 240 g/mol. The van der Waals surface area contributed by atoms with Gasteiger partial charge >= 0.3 is 6.03 Å². The Morgan fingerprint density at radius 1 is 1.53 bits per heavy atom. The molecular formula is C12H15ClN2O2. The zero-order chi connectivity index (χ0) is 12.4. The minimum Gasteiger partial charge on any atom is -0.369 e. The lowest BCUT2D eigenvalue weighted by molar-refractivity contribution is -0.0414. The molecule has 1 aromatic carbocycles. The van der Waals surface area contributed by atoms with Crippen LogP contribution in [0.3, 0.4) is 0 Å². The first-order chi connectivity index (χ1) is 8.09. The number of nitrogens with two attached hydrogens (primary N) is 1. The maximum Gasteiger partial charge on any atom is 0.315 e. The molecule has 2 amide bonds. The first-order valence-electron chi connectivity index (χ1n) is 5.51. The van der Waals surface area contributed by atoms with E-state index in [1.807, 2.05) is 31.2 Å². The Bertz CT molecular complexity index is 425. The van der Waals surface area contributed by atoms with Gasteiger partial charge in [-0.15, -0.1) is 0 Å². The summed E-state index contributed by atoms with van der Waals surface area (Å²) in [6.45, 7) is 2.83. The van der Waals surface area contributed by atoms with Crippen molar-refractivity contribution in [1.29, 1.82) is 0 Å². The lowest BCUT2D eigenvalue weighted by Gasteiger charge is -2.37. The van der Waals surface area contributed by atoms with Crippen molar-refractivity contribution in [1.82, 2.24) is 4.90 Å². The third kappa shape index (κ3) is 2.53. The van der Waals surface area contributed by atoms with Crippen LogP contribution in [0.15, 0.2) is 24.3 Å². The van der Waals surface area contributed by atoms with E-state index in [0.717, 1.165) is 5.56 Å². The summed E-state index contributed by atoms with van der Waals surface area (Å²) in [7, 11) is 0. The molecule has 0 aromatic heterocycles. The normalized spacial score (nSPS) is 24.7. The number of nitrogens with zero attached hydrogens (tertiary/aromatic N) is 1. The highest BCUT2D eigenvalue weighted by atomic mass is 35.5. The van der Waals surface area contributed by atoms with Crippen molar-refractivity contribution >= 4 is 17.6 Å². The van der Waals surface area contributed by atoms with Crippen LogP contribution in [0.2, 0.25) is 5.02 Å². The molecule has 0 radical (unpaired) electrons. The molecule has 0 bridgehead atoms. The minimum atomic E-state index is -0.419. The van der Waals surface area contributed by atoms with E-state index >= 15 is 0 Å². The molecule has 2 rings (SSSR count). The first kappa shape index (κ1) is 12.2. The van der Waals surface area contributed by atoms with Gasteiger partial charge in [0.1, 0.15) is 6.10 Å². The summed E-state index contributed by atoms with van der Waals surface area (Å²) >= 11 is 6.11. The van der Waals surface area contributed by atoms with Crippen molar-refractivity contribution in [3.8, 4) is 0 Å². The number of urea groups is 1. The zero-order valence-corrected chi connectivity index (χ0v) is 10.4. The first-order valence-corrected chi connectivity index (χ1v) is 5.89. The summed E-state index contributed by atoms with van der Waals surface area (Å²) in [5, 5.41) is 0.650. The quantitative estimate of drug-likeness (QED) is 0.835. The summed E-state index contributed by atoms with van der Waals surface area (Å²) in [5.41, 5.74) is 6.23. The molecule has 2 N–H and O–H groups in total. The van der Waals surface area contributed by atoms with Crippen LogP contribution in [0, 0.1) is 0 Å². The number of carbonyl (C=O) groups is 1. The van der Waals surface area contributed by atoms with Crippen LogP contribution in [0.1, 0.15) is 18.6 Å². The van der Waals surface area contributed by atoms with Gasteiger partial charge in [-0.2, -0.15) is 0 Å². The van der Waals surface area contributed by atoms with Gasteiger partial charge in [-0.25, -0.2) is 4.79 Å². The predicted octanol–water partition coefficient (Wildman–Crippen LogP) is 2.18. The van der Waals surface area contributed by atoms with Crippen LogP contribution >= 0.6 is 11.6 Å². The highest BCUT2D eigenvalue weighted by Crippen LogP contribution is 2.29. The third-order valence-corrected chi connectivity index (χ3v) is 3.31. The fourth-order valence-electron chi connectivity index (χ4n) is 1.99. The molecule has 1 fully saturated rings. The van der Waals surface area contributed by atoms with Crippen molar-refractivity contribution in [2.75, 3.05) is 13.2 Å². The van der Waals surface area contributed by atoms with Crippen LogP contribution in [-0.4, -0.2) is 30.1 Å². The lowest BCUT2D eigenvalue weighted by atomic mass is 10.1. The van der Waals surface area contributed by atoms with Gasteiger partial charge in [-0.1, -0.05) is 29.8 Å². The van der Waals surface area contributed by atoms with Crippen molar-refractivity contribution in [3.63, 3.8) is 0 Å². The molecule has 4 nitrogen and oxygen atoms in total. The van der Waals surface area contributed by atoms with Gasteiger partial charge in [-0.05, 0) is 13.0 Å². The summed E-state index contributed by atoms with van der Waals surface area (Å²) < 4.78 is 5.70. The van der Waals surface area contributed by atoms with E-state index in [1.54, 1.807) is 4.90 Å². The number of hydrogen-bond acceptors (Lipinski definition) is 2. The number of ether oxygens (including phenoxy) is 1. The second-order valence-corrected chi connectivity index (χ2v) is 4.59. The molecule has 0 spiro atoms. The average Bonchev–Trinajstić information content (AvgIpc) is 2.30. The van der Waals surface area contributed by atoms with Crippen molar-refractivity contribution in [3.05, 3.63) is 34.9 Å². The summed E-state index contributed by atoms with van der Waals surface area (Å²) in [4.78, 5) is 12.9. The number of primary amides is 1. The fourth-order valence-corrected chi connectivity index (χ4v) is 2.25. The van der Waals surface area contributed by atoms with Crippen molar-refractivity contribution in [2.24, 2.45) is 5.73 Å². The summed E-state index contributed by atoms with van der Waals surface area (Å²) in [5.74, 6) is 0. The van der Waals surface area contributed by atoms with E-state index in [0.29, 0.717) is 18.2 Å². The SMILES string of the molecule is C[C@@H]1CO[C@@H](c2ccccc2Cl)CN1C(N)=O. The molecule has 2 atom stereocenters. The van der Waals surface area contributed by atoms with E-state index < -0.39 is 6.03 Å². The van der Waals surface area contributed by atoms with Crippen LogP contribution in [0.5, 0.6) is 0 Å². The number of hydrogen-bond donors (Lipinski definition) is 1. The smallest absolute Gasteiger partial charge is 0.315 e. The number of amides is 2. The van der Waals surface area contributed by atoms with Gasteiger partial charge < -0.3 is 15.4 Å². The van der Waals surface area contributed by atoms with Gasteiger partial charge in [0.2, 0.25) is 0 Å². The van der Waals surface area contributed by atoms with Crippen molar-refractivity contribution < 1.29 is 9.53 Å². The van der Waals surface area contributed by atoms with Gasteiger partial charge in [0, 0.05) is 10.6 Å². The highest BCUT2D eigenvalue weighted by Gasteiger charge is 2.30. The standard InChI is InChI=1S/C12H15ClN2O2/c1-8-7-17-11(6-15(8)12(14)16)9-4-2-3-5-10(9)13/h2-5,8,11H,6-7H2,1H3,(H2,14,16)/t8-,11-/m1/s1. The molecule has 1 heterocycles. The van der Waals surface area contributed by atoms with Crippen LogP contribution in [0.4, 0.5) is 4.79 Å². The summed E-state index contributed by atoms with van der Waals surface area (Å²) in [6.07, 6.45) is -0.201. The molecule has 92 valence electrons. The van der Waals surface area contributed by atoms with E-state index in [1.165, 1.54) is 0 Å². The Labute approximate surface area is 105 Å². The molecule has 1 aliphatic rings. The number of halogens is 1. The van der Waals surface area contributed by atoms with Crippen molar-refractivity contribution in [2.45, 2.75) is 19.1 Å². The maximum absolute atomic E-state index is 11.3. The van der Waals surface area contributed by atoms with E-state index in [2.05, 4.69) is 0 Å². The Kier molecular flexibility index (Phi) is 3.54. The Balaban J connectivity index is 2.19. The van der Waals surface area contributed by atoms with Gasteiger partial charge in [0.05, 0.1) is 19.2 Å². The van der Waals surface area contributed by atoms with Gasteiger partial charge in [0.25, 0.3) is 0 Å². The van der Waals surface area contributed by atoms with Crippen LogP contribution < -0.4 is 5.73 Å². The molecule has 0 unspecified atom stereocenters. The molecule has 1 saturated heterocycles. The molecule has 1 aliphatic heterocycles. The maximum atomic E-state index is 11.3. The minimum absolute atomic E-state index is 0.00578. The van der Waals surface area contributed by atoms with Gasteiger partial charge in [-0.3, -0.25) is 0 Å². The molecule has 17 heavy (non-hydrogen) atoms.